The van der Waals surface area contributed by atoms with Crippen molar-refractivity contribution in [1.82, 2.24) is 9.80 Å². The molecule has 10 atom stereocenters. The molecule has 284 valence electrons. The molecule has 12 nitrogen and oxygen atoms in total. The Morgan fingerprint density at radius 3 is 1.78 bits per heavy atom. The number of likely N-dealkylation sites (tertiary alicyclic amines) is 2. The zero-order chi connectivity index (χ0) is 37.3. The summed E-state index contributed by atoms with van der Waals surface area (Å²) in [5, 5.41) is 2.81. The summed E-state index contributed by atoms with van der Waals surface area (Å²) in [6.45, 7) is 6.01. The molecule has 4 amide bonds. The average Bonchev–Trinajstić information content (AvgIpc) is 3.33. The predicted molar refractivity (Wildman–Crippen MR) is 198 cm³/mol. The van der Waals surface area contributed by atoms with Crippen molar-refractivity contribution in [2.45, 2.75) is 74.7 Å². The van der Waals surface area contributed by atoms with Gasteiger partial charge in [0.15, 0.2) is 0 Å². The molecule has 8 fully saturated rings. The van der Waals surface area contributed by atoms with Crippen LogP contribution in [-0.2, 0) is 39.6 Å². The van der Waals surface area contributed by atoms with Crippen molar-refractivity contribution in [2.75, 3.05) is 57.8 Å². The lowest BCUT2D eigenvalue weighted by Crippen LogP contribution is -2.62. The first-order valence-electron chi connectivity index (χ1n) is 19.4. The van der Waals surface area contributed by atoms with E-state index in [4.69, 9.17) is 23.9 Å². The maximum absolute atomic E-state index is 15.7. The molecule has 0 radical (unpaired) electrons. The zero-order valence-corrected chi connectivity index (χ0v) is 31.5. The topological polar surface area (TPSA) is 110 Å². The van der Waals surface area contributed by atoms with Crippen molar-refractivity contribution in [1.29, 1.82) is 0 Å². The highest BCUT2D eigenvalue weighted by Gasteiger charge is 2.67. The number of fused-ring (bicyclic) bond motifs is 4. The van der Waals surface area contributed by atoms with E-state index < -0.39 is 10.8 Å². The Bertz CT molecular complexity index is 2020. The second-order valence-electron chi connectivity index (χ2n) is 16.4. The lowest BCUT2D eigenvalue weighted by molar-refractivity contribution is -0.138. The molecule has 2 spiro atoms. The van der Waals surface area contributed by atoms with Crippen LogP contribution in [0, 0.1) is 23.7 Å². The second-order valence-corrected chi connectivity index (χ2v) is 16.4. The number of nitrogens with zero attached hydrogens (tertiary/aromatic N) is 4. The Morgan fingerprint density at radius 1 is 0.741 bits per heavy atom. The van der Waals surface area contributed by atoms with Gasteiger partial charge in [-0.15, -0.1) is 0 Å². The molecule has 2 aliphatic carbocycles. The minimum atomic E-state index is -1.04. The molecule has 8 aliphatic heterocycles. The molecule has 6 saturated heterocycles. The van der Waals surface area contributed by atoms with E-state index in [9.17, 15) is 9.59 Å². The molecule has 2 aromatic carbocycles. The molecule has 12 rings (SSSR count). The number of rotatable bonds is 3. The predicted octanol–water partition coefficient (Wildman–Crippen LogP) is 4.92. The van der Waals surface area contributed by atoms with Crippen molar-refractivity contribution in [3.63, 3.8) is 0 Å². The molecule has 0 N–H and O–H groups in total. The number of hydrogen-bond donors (Lipinski definition) is 0. The number of benzene rings is 2. The van der Waals surface area contributed by atoms with Crippen molar-refractivity contribution in [3.05, 3.63) is 76.9 Å². The summed E-state index contributed by atoms with van der Waals surface area (Å²) in [5.74, 6) is 0.770. The molecule has 0 unspecified atom stereocenters. The smallest absolute Gasteiger partial charge is 0.321 e. The third-order valence-corrected chi connectivity index (χ3v) is 14.8. The fourth-order valence-corrected chi connectivity index (χ4v) is 12.3. The number of piperidine rings is 2. The molecule has 0 aromatic heterocycles. The van der Waals surface area contributed by atoms with Gasteiger partial charge in [-0.05, 0) is 74.6 Å². The first-order valence-corrected chi connectivity index (χ1v) is 19.4. The van der Waals surface area contributed by atoms with Crippen molar-refractivity contribution < 1.29 is 38.3 Å². The van der Waals surface area contributed by atoms with Crippen LogP contribution in [0.4, 0.5) is 16.2 Å². The number of para-hydroxylation sites is 1. The van der Waals surface area contributed by atoms with E-state index in [1.807, 2.05) is 47.4 Å². The van der Waals surface area contributed by atoms with Gasteiger partial charge in [-0.2, -0.15) is 10.1 Å². The standard InChI is InChI=1S/C42H48N4O8/c1-6-23-19-43(34-17-41(36-15-26(23)28(34)21-53-36)30-10-8-9-11-32(30)45(51-4)38(41)47)40(49)44-20-24(7-2)27-16-37-42(18-35(44)29(27)22-54-37)31-13-12-25(50-3)14-33(31)46(52-5)39(42)48/h6-14,26-29,34-37H,15-22H2,1-5H3/b23-6+,24-7-/t26-,27-,28-,29-,34-,35-,36+,37+,41-,42-/m0/s1. The molecular weight excluding hydrogens is 688 g/mol. The number of carbonyl (C=O) groups excluding carboxylic acids is 3. The highest BCUT2D eigenvalue weighted by molar-refractivity contribution is 6.08. The van der Waals surface area contributed by atoms with E-state index in [2.05, 4.69) is 30.9 Å². The summed E-state index contributed by atoms with van der Waals surface area (Å²) < 4.78 is 19.0. The number of hydrogen-bond acceptors (Lipinski definition) is 8. The molecule has 10 aliphatic rings. The minimum Gasteiger partial charge on any atom is -0.497 e. The highest BCUT2D eigenvalue weighted by atomic mass is 16.7. The van der Waals surface area contributed by atoms with Gasteiger partial charge < -0.3 is 24.0 Å². The van der Waals surface area contributed by atoms with Crippen LogP contribution >= 0.6 is 0 Å². The number of ether oxygens (including phenoxy) is 3. The molecule has 12 heteroatoms. The quantitative estimate of drug-likeness (QED) is 0.409. The van der Waals surface area contributed by atoms with Gasteiger partial charge in [-0.1, -0.05) is 47.6 Å². The van der Waals surface area contributed by atoms with Crippen LogP contribution in [0.1, 0.15) is 50.7 Å². The Hall–Kier alpha value is -4.23. The summed E-state index contributed by atoms with van der Waals surface area (Å²) in [7, 11) is 4.65. The number of anilines is 2. The van der Waals surface area contributed by atoms with Crippen molar-refractivity contribution >= 4 is 29.2 Å². The van der Waals surface area contributed by atoms with Gasteiger partial charge in [0, 0.05) is 43.1 Å². The molecular formula is C42H48N4O8. The van der Waals surface area contributed by atoms with Gasteiger partial charge in [-0.25, -0.2) is 4.79 Å². The van der Waals surface area contributed by atoms with E-state index in [1.54, 1.807) is 7.11 Å². The van der Waals surface area contributed by atoms with E-state index in [0.717, 1.165) is 16.8 Å². The minimum absolute atomic E-state index is 0.0209. The number of allylic oxidation sites excluding steroid dienone is 2. The maximum Gasteiger partial charge on any atom is 0.321 e. The highest BCUT2D eigenvalue weighted by Crippen LogP contribution is 2.60. The van der Waals surface area contributed by atoms with E-state index in [0.29, 0.717) is 63.4 Å². The summed E-state index contributed by atoms with van der Waals surface area (Å²) in [5.41, 5.74) is 3.52. The molecule has 54 heavy (non-hydrogen) atoms. The fourth-order valence-electron chi connectivity index (χ4n) is 12.3. The zero-order valence-electron chi connectivity index (χ0n) is 31.5. The summed E-state index contributed by atoms with van der Waals surface area (Å²) in [6, 6.07) is 13.0. The second kappa shape index (κ2) is 12.1. The number of urea groups is 1. The van der Waals surface area contributed by atoms with Crippen LogP contribution in [0.5, 0.6) is 5.75 Å². The van der Waals surface area contributed by atoms with Crippen LogP contribution in [0.2, 0.25) is 0 Å². The Labute approximate surface area is 315 Å². The average molecular weight is 737 g/mol. The Balaban J connectivity index is 1.08. The van der Waals surface area contributed by atoms with Crippen LogP contribution in [0.3, 0.4) is 0 Å². The number of hydroxylamine groups is 2. The van der Waals surface area contributed by atoms with E-state index in [1.165, 1.54) is 35.5 Å². The number of amides is 4. The van der Waals surface area contributed by atoms with Gasteiger partial charge in [0.1, 0.15) is 16.6 Å². The normalized spacial score (nSPS) is 38.8. The Morgan fingerprint density at radius 2 is 1.26 bits per heavy atom. The summed E-state index contributed by atoms with van der Waals surface area (Å²) >= 11 is 0. The first kappa shape index (κ1) is 34.3. The van der Waals surface area contributed by atoms with Crippen LogP contribution in [0.15, 0.2) is 65.8 Å². The Kier molecular flexibility index (Phi) is 7.70. The van der Waals surface area contributed by atoms with Crippen LogP contribution in [-0.4, -0.2) is 99.6 Å². The van der Waals surface area contributed by atoms with Gasteiger partial charge in [0.05, 0.1) is 58.1 Å². The van der Waals surface area contributed by atoms with Crippen molar-refractivity contribution in [3.8, 4) is 5.75 Å². The largest absolute Gasteiger partial charge is 0.497 e. The third-order valence-electron chi connectivity index (χ3n) is 14.8. The summed E-state index contributed by atoms with van der Waals surface area (Å²) in [6.07, 6.45) is 5.87. The first-order chi connectivity index (χ1) is 26.2. The van der Waals surface area contributed by atoms with E-state index >= 15 is 4.79 Å². The molecule has 2 saturated carbocycles. The lowest BCUT2D eigenvalue weighted by Gasteiger charge is -2.52. The fraction of sp³-hybridized carbons (Fsp3) is 0.548. The SMILES string of the molecule is C/C=C1\CN(C(=O)N2C/C(=C/C)[C@@H]3C[C@H]4OC[C@@H]3[C@@H]2C[C@@]42C(=O)N(OC)c3cc(OC)ccc32)[C@H]2C[C@@]3(C(=O)N(OC)c4ccccc43)[C@H]3C[C@@H]1[C@@H]2CO3. The third kappa shape index (κ3) is 4.20. The molecule has 2 aromatic rings. The van der Waals surface area contributed by atoms with Gasteiger partial charge in [0.2, 0.25) is 0 Å². The number of methoxy groups -OCH3 is 1. The van der Waals surface area contributed by atoms with Crippen LogP contribution in [0.25, 0.3) is 0 Å². The molecule has 8 bridgehead atoms. The van der Waals surface area contributed by atoms with Gasteiger partial charge >= 0.3 is 6.03 Å². The van der Waals surface area contributed by atoms with Gasteiger partial charge in [-0.3, -0.25) is 19.3 Å². The monoisotopic (exact) mass is 736 g/mol. The molecule has 8 heterocycles. The van der Waals surface area contributed by atoms with Crippen LogP contribution < -0.4 is 14.9 Å². The lowest BCUT2D eigenvalue weighted by atomic mass is 9.72. The van der Waals surface area contributed by atoms with E-state index in [-0.39, 0.29) is 65.8 Å². The maximum atomic E-state index is 15.7. The van der Waals surface area contributed by atoms with Crippen molar-refractivity contribution in [2.24, 2.45) is 23.7 Å². The van der Waals surface area contributed by atoms with Gasteiger partial charge in [0.25, 0.3) is 11.8 Å². The summed E-state index contributed by atoms with van der Waals surface area (Å²) in [4.78, 5) is 60.7. The number of carbonyl (C=O) groups is 3.